The van der Waals surface area contributed by atoms with Gasteiger partial charge in [0.05, 0.1) is 13.5 Å². The van der Waals surface area contributed by atoms with Gasteiger partial charge in [-0.25, -0.2) is 0 Å². The molecule has 2 fully saturated rings. The monoisotopic (exact) mass is 388 g/mol. The Labute approximate surface area is 145 Å². The highest BCUT2D eigenvalue weighted by Crippen LogP contribution is 2.37. The molecule has 1 amide bonds. The lowest BCUT2D eigenvalue weighted by Gasteiger charge is -2.19. The normalized spacial score (nSPS) is 26.5. The zero-order valence-corrected chi connectivity index (χ0v) is 15.0. The standard InChI is InChI=1S/C16H21BrN2O2.ClH/c1-21-15-5-3-12(17)6-11(15)7-16(20)19-8-10-2-4-14(18)13(10)9-19;/h3,5-6,10,13-14H,2,4,7-9,18H2,1H3;1H. The summed E-state index contributed by atoms with van der Waals surface area (Å²) in [5, 5.41) is 0. The van der Waals surface area contributed by atoms with Gasteiger partial charge in [0.15, 0.2) is 0 Å². The Morgan fingerprint density at radius 1 is 1.41 bits per heavy atom. The van der Waals surface area contributed by atoms with Crippen LogP contribution in [0.3, 0.4) is 0 Å². The molecule has 1 saturated carbocycles. The van der Waals surface area contributed by atoms with Crippen LogP contribution < -0.4 is 10.5 Å². The van der Waals surface area contributed by atoms with Gasteiger partial charge in [-0.05, 0) is 42.9 Å². The van der Waals surface area contributed by atoms with Crippen LogP contribution in [-0.2, 0) is 11.2 Å². The van der Waals surface area contributed by atoms with Crippen molar-refractivity contribution in [1.82, 2.24) is 4.90 Å². The molecule has 3 rings (SSSR count). The molecular formula is C16H22BrClN2O2. The van der Waals surface area contributed by atoms with Crippen LogP contribution in [0.15, 0.2) is 22.7 Å². The van der Waals surface area contributed by atoms with Crippen LogP contribution in [0.4, 0.5) is 0 Å². The largest absolute Gasteiger partial charge is 0.496 e. The van der Waals surface area contributed by atoms with Gasteiger partial charge in [-0.3, -0.25) is 4.79 Å². The molecule has 0 radical (unpaired) electrons. The Balaban J connectivity index is 0.00000176. The van der Waals surface area contributed by atoms with Crippen molar-refractivity contribution < 1.29 is 9.53 Å². The minimum atomic E-state index is 0. The van der Waals surface area contributed by atoms with E-state index >= 15 is 0 Å². The van der Waals surface area contributed by atoms with E-state index in [0.29, 0.717) is 18.3 Å². The molecule has 1 aliphatic heterocycles. The maximum absolute atomic E-state index is 12.5. The third-order valence-electron chi connectivity index (χ3n) is 4.85. The van der Waals surface area contributed by atoms with Crippen molar-refractivity contribution in [3.63, 3.8) is 0 Å². The Morgan fingerprint density at radius 2 is 2.18 bits per heavy atom. The molecule has 3 unspecified atom stereocenters. The molecule has 0 bridgehead atoms. The van der Waals surface area contributed by atoms with Gasteiger partial charge in [-0.15, -0.1) is 12.4 Å². The van der Waals surface area contributed by atoms with E-state index in [4.69, 9.17) is 10.5 Å². The van der Waals surface area contributed by atoms with Crippen LogP contribution in [0.1, 0.15) is 18.4 Å². The van der Waals surface area contributed by atoms with Gasteiger partial charge in [0.1, 0.15) is 5.75 Å². The number of ether oxygens (including phenoxy) is 1. The molecule has 4 nitrogen and oxygen atoms in total. The molecule has 1 aromatic carbocycles. The van der Waals surface area contributed by atoms with E-state index in [1.54, 1.807) is 7.11 Å². The van der Waals surface area contributed by atoms with Crippen LogP contribution in [0.5, 0.6) is 5.75 Å². The maximum Gasteiger partial charge on any atom is 0.227 e. The van der Waals surface area contributed by atoms with Gasteiger partial charge in [0, 0.05) is 29.2 Å². The number of carbonyl (C=O) groups excluding carboxylic acids is 1. The lowest BCUT2D eigenvalue weighted by atomic mass is 9.98. The Bertz CT molecular complexity index is 555. The lowest BCUT2D eigenvalue weighted by Crippen LogP contribution is -2.34. The molecule has 1 aromatic rings. The summed E-state index contributed by atoms with van der Waals surface area (Å²) in [7, 11) is 1.64. The first kappa shape index (κ1) is 17.6. The summed E-state index contributed by atoms with van der Waals surface area (Å²) in [5.74, 6) is 2.04. The number of amides is 1. The minimum Gasteiger partial charge on any atom is -0.496 e. The highest BCUT2D eigenvalue weighted by Gasteiger charge is 2.42. The summed E-state index contributed by atoms with van der Waals surface area (Å²) >= 11 is 3.45. The number of nitrogens with two attached hydrogens (primary N) is 1. The Morgan fingerprint density at radius 3 is 2.86 bits per heavy atom. The molecule has 6 heteroatoms. The smallest absolute Gasteiger partial charge is 0.227 e. The average Bonchev–Trinajstić information content (AvgIpc) is 3.02. The first-order valence-corrected chi connectivity index (χ1v) is 8.23. The van der Waals surface area contributed by atoms with Crippen LogP contribution in [-0.4, -0.2) is 37.0 Å². The molecule has 3 atom stereocenters. The number of nitrogens with zero attached hydrogens (tertiary/aromatic N) is 1. The summed E-state index contributed by atoms with van der Waals surface area (Å²) in [6.07, 6.45) is 2.66. The predicted molar refractivity (Wildman–Crippen MR) is 92.4 cm³/mol. The zero-order chi connectivity index (χ0) is 15.0. The van der Waals surface area contributed by atoms with E-state index in [-0.39, 0.29) is 24.4 Å². The summed E-state index contributed by atoms with van der Waals surface area (Å²) in [4.78, 5) is 14.5. The fraction of sp³-hybridized carbons (Fsp3) is 0.562. The maximum atomic E-state index is 12.5. The molecule has 0 spiro atoms. The topological polar surface area (TPSA) is 55.6 Å². The third kappa shape index (κ3) is 3.42. The van der Waals surface area contributed by atoms with E-state index in [2.05, 4.69) is 15.9 Å². The van der Waals surface area contributed by atoms with Crippen LogP contribution in [0, 0.1) is 11.8 Å². The number of methoxy groups -OCH3 is 1. The summed E-state index contributed by atoms with van der Waals surface area (Å²) in [5.41, 5.74) is 7.07. The Hall–Kier alpha value is -0.780. The SMILES string of the molecule is COc1ccc(Br)cc1CC(=O)N1CC2CCC(N)C2C1.Cl. The number of hydrogen-bond acceptors (Lipinski definition) is 3. The molecule has 2 N–H and O–H groups in total. The van der Waals surface area contributed by atoms with E-state index < -0.39 is 0 Å². The summed E-state index contributed by atoms with van der Waals surface area (Å²) in [6, 6.07) is 6.04. The van der Waals surface area contributed by atoms with Crippen molar-refractivity contribution in [3.05, 3.63) is 28.2 Å². The number of benzene rings is 1. The summed E-state index contributed by atoms with van der Waals surface area (Å²) < 4.78 is 6.31. The third-order valence-corrected chi connectivity index (χ3v) is 5.34. The molecule has 122 valence electrons. The zero-order valence-electron chi connectivity index (χ0n) is 12.6. The van der Waals surface area contributed by atoms with E-state index in [1.165, 1.54) is 0 Å². The quantitative estimate of drug-likeness (QED) is 0.864. The second kappa shape index (κ2) is 7.20. The highest BCUT2D eigenvalue weighted by atomic mass is 79.9. The van der Waals surface area contributed by atoms with Gasteiger partial charge in [-0.1, -0.05) is 15.9 Å². The number of hydrogen-bond donors (Lipinski definition) is 1. The fourth-order valence-electron chi connectivity index (χ4n) is 3.67. The molecule has 2 aliphatic rings. The highest BCUT2D eigenvalue weighted by molar-refractivity contribution is 9.10. The van der Waals surface area contributed by atoms with Crippen molar-refractivity contribution in [2.24, 2.45) is 17.6 Å². The minimum absolute atomic E-state index is 0. The van der Waals surface area contributed by atoms with Gasteiger partial charge in [-0.2, -0.15) is 0 Å². The first-order valence-electron chi connectivity index (χ1n) is 7.44. The van der Waals surface area contributed by atoms with Crippen LogP contribution in [0.2, 0.25) is 0 Å². The number of carbonyl (C=O) groups is 1. The second-order valence-electron chi connectivity index (χ2n) is 6.10. The van der Waals surface area contributed by atoms with Crippen molar-refractivity contribution in [3.8, 4) is 5.75 Å². The molecule has 1 aliphatic carbocycles. The Kier molecular flexibility index (Phi) is 5.75. The lowest BCUT2D eigenvalue weighted by molar-refractivity contribution is -0.129. The van der Waals surface area contributed by atoms with E-state index in [1.807, 2.05) is 23.1 Å². The van der Waals surface area contributed by atoms with Gasteiger partial charge in [0.2, 0.25) is 5.91 Å². The fourth-order valence-corrected chi connectivity index (χ4v) is 4.08. The van der Waals surface area contributed by atoms with E-state index in [9.17, 15) is 4.79 Å². The van der Waals surface area contributed by atoms with Crippen molar-refractivity contribution in [2.45, 2.75) is 25.3 Å². The van der Waals surface area contributed by atoms with Gasteiger partial charge in [0.25, 0.3) is 0 Å². The molecule has 1 saturated heterocycles. The van der Waals surface area contributed by atoms with Crippen LogP contribution in [0.25, 0.3) is 0 Å². The van der Waals surface area contributed by atoms with Crippen LogP contribution >= 0.6 is 28.3 Å². The number of halogens is 2. The van der Waals surface area contributed by atoms with Crippen molar-refractivity contribution >= 4 is 34.2 Å². The van der Waals surface area contributed by atoms with Crippen molar-refractivity contribution in [1.29, 1.82) is 0 Å². The first-order chi connectivity index (χ1) is 10.1. The molecule has 22 heavy (non-hydrogen) atoms. The van der Waals surface area contributed by atoms with Gasteiger partial charge >= 0.3 is 0 Å². The van der Waals surface area contributed by atoms with Gasteiger partial charge < -0.3 is 15.4 Å². The van der Waals surface area contributed by atoms with E-state index in [0.717, 1.165) is 41.7 Å². The number of fused-ring (bicyclic) bond motifs is 1. The number of rotatable bonds is 3. The second-order valence-corrected chi connectivity index (χ2v) is 7.01. The molecule has 1 heterocycles. The summed E-state index contributed by atoms with van der Waals surface area (Å²) in [6.45, 7) is 1.69. The number of likely N-dealkylation sites (tertiary alicyclic amines) is 1. The predicted octanol–water partition coefficient (Wildman–Crippen LogP) is 2.62. The molecular weight excluding hydrogens is 368 g/mol. The van der Waals surface area contributed by atoms with Crippen molar-refractivity contribution in [2.75, 3.05) is 20.2 Å². The molecule has 0 aromatic heterocycles. The average molecular weight is 390 g/mol.